The molecule has 1 unspecified atom stereocenters. The average molecular weight is 347 g/mol. The van der Waals surface area contributed by atoms with Crippen LogP contribution in [-0.4, -0.2) is 40.5 Å². The van der Waals surface area contributed by atoms with Crippen molar-refractivity contribution < 1.29 is 4.74 Å². The highest BCUT2D eigenvalue weighted by Gasteiger charge is 2.34. The highest BCUT2D eigenvalue weighted by Crippen LogP contribution is 2.28. The third-order valence-corrected chi connectivity index (χ3v) is 5.00. The molecule has 1 aromatic carbocycles. The first kappa shape index (κ1) is 17.0. The van der Waals surface area contributed by atoms with Gasteiger partial charge in [0.2, 0.25) is 10.3 Å². The van der Waals surface area contributed by atoms with E-state index in [9.17, 15) is 0 Å². The number of likely N-dealkylation sites (tertiary alicyclic amines) is 1. The van der Waals surface area contributed by atoms with Crippen LogP contribution in [0.2, 0.25) is 0 Å². The van der Waals surface area contributed by atoms with Gasteiger partial charge in [0, 0.05) is 6.42 Å². The van der Waals surface area contributed by atoms with Crippen LogP contribution in [0.5, 0.6) is 5.75 Å². The summed E-state index contributed by atoms with van der Waals surface area (Å²) in [4.78, 5) is 2.47. The second kappa shape index (κ2) is 7.81. The van der Waals surface area contributed by atoms with E-state index in [4.69, 9.17) is 10.5 Å². The maximum absolute atomic E-state index is 6.41. The largest absolute Gasteiger partial charge is 0.467 e. The van der Waals surface area contributed by atoms with Gasteiger partial charge in [-0.05, 0) is 38.1 Å². The van der Waals surface area contributed by atoms with Crippen molar-refractivity contribution in [2.75, 3.05) is 30.7 Å². The van der Waals surface area contributed by atoms with E-state index in [0.717, 1.165) is 31.8 Å². The lowest BCUT2D eigenvalue weighted by molar-refractivity contribution is 0.0411. The average Bonchev–Trinajstić information content (AvgIpc) is 3.01. The van der Waals surface area contributed by atoms with E-state index in [1.807, 2.05) is 30.3 Å². The molecule has 130 valence electrons. The summed E-state index contributed by atoms with van der Waals surface area (Å²) >= 11 is 1.35. The Balaban J connectivity index is 1.81. The number of benzene rings is 1. The molecule has 1 saturated heterocycles. The van der Waals surface area contributed by atoms with Crippen LogP contribution in [-0.2, 0) is 0 Å². The van der Waals surface area contributed by atoms with Crippen molar-refractivity contribution in [1.82, 2.24) is 15.1 Å². The van der Waals surface area contributed by atoms with Crippen molar-refractivity contribution in [2.45, 2.75) is 38.3 Å². The lowest BCUT2D eigenvalue weighted by Crippen LogP contribution is -2.54. The van der Waals surface area contributed by atoms with Crippen LogP contribution in [0, 0.1) is 0 Å². The summed E-state index contributed by atoms with van der Waals surface area (Å²) in [6.45, 7) is 5.15. The summed E-state index contributed by atoms with van der Waals surface area (Å²) < 4.78 is 6.41. The molecular weight excluding hydrogens is 322 g/mol. The van der Waals surface area contributed by atoms with Crippen LogP contribution < -0.4 is 15.8 Å². The maximum atomic E-state index is 6.41. The number of nitrogens with one attached hydrogen (secondary N) is 1. The minimum Gasteiger partial charge on any atom is -0.467 e. The summed E-state index contributed by atoms with van der Waals surface area (Å²) in [5, 5.41) is 12.6. The fraction of sp³-hybridized carbons (Fsp3) is 0.529. The zero-order valence-corrected chi connectivity index (χ0v) is 14.9. The van der Waals surface area contributed by atoms with E-state index in [2.05, 4.69) is 27.3 Å². The molecule has 3 rings (SSSR count). The Labute approximate surface area is 147 Å². The Hall–Kier alpha value is -1.86. The van der Waals surface area contributed by atoms with E-state index in [1.165, 1.54) is 30.6 Å². The predicted octanol–water partition coefficient (Wildman–Crippen LogP) is 3.20. The Morgan fingerprint density at radius 2 is 1.96 bits per heavy atom. The molecule has 0 spiro atoms. The number of aromatic nitrogens is 2. The second-order valence-electron chi connectivity index (χ2n) is 6.17. The zero-order valence-electron chi connectivity index (χ0n) is 14.1. The van der Waals surface area contributed by atoms with Crippen LogP contribution >= 0.6 is 11.3 Å². The Kier molecular flexibility index (Phi) is 5.52. The molecule has 3 N–H and O–H groups in total. The van der Waals surface area contributed by atoms with Gasteiger partial charge in [-0.15, -0.1) is 10.2 Å². The van der Waals surface area contributed by atoms with E-state index < -0.39 is 5.72 Å². The van der Waals surface area contributed by atoms with E-state index in [-0.39, 0.29) is 0 Å². The van der Waals surface area contributed by atoms with Crippen LogP contribution in [0.1, 0.15) is 32.6 Å². The Morgan fingerprint density at radius 1 is 1.21 bits per heavy atom. The molecule has 0 aliphatic carbocycles. The van der Waals surface area contributed by atoms with Gasteiger partial charge < -0.3 is 15.8 Å². The summed E-state index contributed by atoms with van der Waals surface area (Å²) in [7, 11) is 0. The van der Waals surface area contributed by atoms with Crippen LogP contribution in [0.3, 0.4) is 0 Å². The standard InChI is InChI=1S/C17H25N5OS/c1-2-17(13-22-11-7-4-8-12-22,19-16-21-20-15(18)24-16)23-14-9-5-3-6-10-14/h3,5-6,9-10H,2,4,7-8,11-13H2,1H3,(H2,18,20)(H,19,21). The SMILES string of the molecule is CCC(CN1CCCCC1)(Nc1nnc(N)s1)Oc1ccccc1. The number of hydrogen-bond acceptors (Lipinski definition) is 7. The number of hydrogen-bond donors (Lipinski definition) is 2. The van der Waals surface area contributed by atoms with Crippen LogP contribution in [0.25, 0.3) is 0 Å². The lowest BCUT2D eigenvalue weighted by Gasteiger charge is -2.39. The number of ether oxygens (including phenoxy) is 1. The third kappa shape index (κ3) is 4.36. The first-order valence-electron chi connectivity index (χ1n) is 8.53. The maximum Gasteiger partial charge on any atom is 0.210 e. The second-order valence-corrected chi connectivity index (χ2v) is 7.18. The van der Waals surface area contributed by atoms with Crippen molar-refractivity contribution in [2.24, 2.45) is 0 Å². The smallest absolute Gasteiger partial charge is 0.210 e. The van der Waals surface area contributed by atoms with E-state index in [0.29, 0.717) is 10.3 Å². The minimum absolute atomic E-state index is 0.459. The molecule has 1 aromatic heterocycles. The van der Waals surface area contributed by atoms with Gasteiger partial charge in [-0.2, -0.15) is 0 Å². The van der Waals surface area contributed by atoms with Crippen LogP contribution in [0.15, 0.2) is 30.3 Å². The van der Waals surface area contributed by atoms with E-state index >= 15 is 0 Å². The summed E-state index contributed by atoms with van der Waals surface area (Å²) in [5.74, 6) is 0.848. The molecule has 2 aromatic rings. The monoisotopic (exact) mass is 347 g/mol. The quantitative estimate of drug-likeness (QED) is 0.749. The number of nitrogen functional groups attached to an aromatic ring is 1. The van der Waals surface area contributed by atoms with Gasteiger partial charge >= 0.3 is 0 Å². The first-order valence-corrected chi connectivity index (χ1v) is 9.34. The van der Waals surface area contributed by atoms with Crippen molar-refractivity contribution >= 4 is 21.6 Å². The molecular formula is C17H25N5OS. The number of rotatable bonds is 7. The Bertz CT molecular complexity index is 629. The molecule has 7 heteroatoms. The number of anilines is 2. The first-order chi connectivity index (χ1) is 11.7. The number of nitrogens with zero attached hydrogens (tertiary/aromatic N) is 3. The van der Waals surface area contributed by atoms with Gasteiger partial charge in [0.1, 0.15) is 5.75 Å². The molecule has 0 radical (unpaired) electrons. The molecule has 24 heavy (non-hydrogen) atoms. The van der Waals surface area contributed by atoms with Gasteiger partial charge in [-0.1, -0.05) is 42.9 Å². The molecule has 0 saturated carbocycles. The molecule has 0 amide bonds. The van der Waals surface area contributed by atoms with Crippen molar-refractivity contribution in [1.29, 1.82) is 0 Å². The van der Waals surface area contributed by atoms with Gasteiger partial charge in [0.25, 0.3) is 0 Å². The van der Waals surface area contributed by atoms with Crippen LogP contribution in [0.4, 0.5) is 10.3 Å². The topological polar surface area (TPSA) is 76.3 Å². The molecule has 6 nitrogen and oxygen atoms in total. The molecule has 1 fully saturated rings. The van der Waals surface area contributed by atoms with Gasteiger partial charge in [-0.25, -0.2) is 0 Å². The molecule has 1 atom stereocenters. The highest BCUT2D eigenvalue weighted by atomic mass is 32.1. The minimum atomic E-state index is -0.551. The number of piperidine rings is 1. The normalized spacial score (nSPS) is 18.0. The fourth-order valence-corrected chi connectivity index (χ4v) is 3.64. The zero-order chi connectivity index (χ0) is 16.8. The number of nitrogens with two attached hydrogens (primary N) is 1. The fourth-order valence-electron chi connectivity index (χ4n) is 3.04. The number of para-hydroxylation sites is 1. The van der Waals surface area contributed by atoms with Crippen molar-refractivity contribution in [3.8, 4) is 5.75 Å². The van der Waals surface area contributed by atoms with Gasteiger partial charge in [0.05, 0.1) is 6.54 Å². The molecule has 2 heterocycles. The summed E-state index contributed by atoms with van der Waals surface area (Å²) in [6.07, 6.45) is 4.61. The molecule has 1 aliphatic rings. The lowest BCUT2D eigenvalue weighted by atomic mass is 10.1. The molecule has 1 aliphatic heterocycles. The predicted molar refractivity (Wildman–Crippen MR) is 98.3 cm³/mol. The van der Waals surface area contributed by atoms with Crippen molar-refractivity contribution in [3.63, 3.8) is 0 Å². The van der Waals surface area contributed by atoms with E-state index in [1.54, 1.807) is 0 Å². The van der Waals surface area contributed by atoms with Gasteiger partial charge in [0.15, 0.2) is 5.72 Å². The molecule has 0 bridgehead atoms. The van der Waals surface area contributed by atoms with Gasteiger partial charge in [-0.3, -0.25) is 4.90 Å². The van der Waals surface area contributed by atoms with Crippen molar-refractivity contribution in [3.05, 3.63) is 30.3 Å². The third-order valence-electron chi connectivity index (χ3n) is 4.33. The Morgan fingerprint density at radius 3 is 2.58 bits per heavy atom. The summed E-state index contributed by atoms with van der Waals surface area (Å²) in [5.41, 5.74) is 5.18. The highest BCUT2D eigenvalue weighted by molar-refractivity contribution is 7.18. The summed E-state index contributed by atoms with van der Waals surface area (Å²) in [6, 6.07) is 9.93.